The van der Waals surface area contributed by atoms with Crippen LogP contribution in [-0.4, -0.2) is 48.3 Å². The molecule has 0 atom stereocenters. The van der Waals surface area contributed by atoms with Crippen LogP contribution in [0, 0.1) is 10.1 Å². The third kappa shape index (κ3) is 4.93. The van der Waals surface area contributed by atoms with Gasteiger partial charge in [0, 0.05) is 36.3 Å². The molecule has 1 fully saturated rings. The Labute approximate surface area is 182 Å². The SMILES string of the molecule is O=C(NN=Cc1sc(N2CCOCC2)nc1-c1ccccc1)c1ccc([N+](=O)[O-])cc1. The average Bonchev–Trinajstić information content (AvgIpc) is 3.24. The zero-order chi connectivity index (χ0) is 21.6. The number of hydrogen-bond donors (Lipinski definition) is 1. The van der Waals surface area contributed by atoms with Crippen molar-refractivity contribution in [2.24, 2.45) is 5.10 Å². The van der Waals surface area contributed by atoms with Gasteiger partial charge in [-0.05, 0) is 12.1 Å². The number of morpholine rings is 1. The van der Waals surface area contributed by atoms with Crippen LogP contribution in [0.1, 0.15) is 15.2 Å². The molecule has 10 heteroatoms. The van der Waals surface area contributed by atoms with Crippen LogP contribution in [0.2, 0.25) is 0 Å². The molecule has 1 aliphatic rings. The van der Waals surface area contributed by atoms with E-state index in [0.717, 1.165) is 34.4 Å². The summed E-state index contributed by atoms with van der Waals surface area (Å²) in [7, 11) is 0. The van der Waals surface area contributed by atoms with E-state index in [2.05, 4.69) is 15.4 Å². The smallest absolute Gasteiger partial charge is 0.271 e. The third-order valence-electron chi connectivity index (χ3n) is 4.66. The number of thiazole rings is 1. The predicted molar refractivity (Wildman–Crippen MR) is 119 cm³/mol. The Morgan fingerprint density at radius 3 is 2.55 bits per heavy atom. The molecule has 0 unspecified atom stereocenters. The molecule has 0 bridgehead atoms. The van der Waals surface area contributed by atoms with Gasteiger partial charge in [0.15, 0.2) is 5.13 Å². The molecule has 158 valence electrons. The molecule has 1 aliphatic heterocycles. The summed E-state index contributed by atoms with van der Waals surface area (Å²) < 4.78 is 5.42. The third-order valence-corrected chi connectivity index (χ3v) is 5.71. The van der Waals surface area contributed by atoms with Crippen LogP contribution in [-0.2, 0) is 4.74 Å². The van der Waals surface area contributed by atoms with Crippen molar-refractivity contribution in [2.45, 2.75) is 0 Å². The Hall–Kier alpha value is -3.63. The number of carbonyl (C=O) groups is 1. The molecular weight excluding hydrogens is 418 g/mol. The number of hydrogen-bond acceptors (Lipinski definition) is 8. The van der Waals surface area contributed by atoms with Gasteiger partial charge < -0.3 is 9.64 Å². The summed E-state index contributed by atoms with van der Waals surface area (Å²) in [5.41, 5.74) is 4.43. The fourth-order valence-corrected chi connectivity index (χ4v) is 4.06. The van der Waals surface area contributed by atoms with Gasteiger partial charge >= 0.3 is 0 Å². The summed E-state index contributed by atoms with van der Waals surface area (Å²) in [6, 6.07) is 15.1. The summed E-state index contributed by atoms with van der Waals surface area (Å²) >= 11 is 1.50. The van der Waals surface area contributed by atoms with Crippen molar-refractivity contribution in [3.8, 4) is 11.3 Å². The van der Waals surface area contributed by atoms with Crippen molar-refractivity contribution >= 4 is 34.3 Å². The van der Waals surface area contributed by atoms with Gasteiger partial charge in [0.2, 0.25) is 0 Å². The molecule has 2 heterocycles. The van der Waals surface area contributed by atoms with Gasteiger partial charge in [-0.1, -0.05) is 41.7 Å². The number of nitro groups is 1. The largest absolute Gasteiger partial charge is 0.378 e. The lowest BCUT2D eigenvalue weighted by Gasteiger charge is -2.26. The number of benzene rings is 2. The first kappa shape index (κ1) is 20.6. The molecule has 0 saturated carbocycles. The summed E-state index contributed by atoms with van der Waals surface area (Å²) in [6.07, 6.45) is 1.58. The van der Waals surface area contributed by atoms with Crippen molar-refractivity contribution < 1.29 is 14.5 Å². The Balaban J connectivity index is 1.53. The number of ether oxygens (including phenoxy) is 1. The van der Waals surface area contributed by atoms with Gasteiger partial charge in [-0.3, -0.25) is 14.9 Å². The van der Waals surface area contributed by atoms with Gasteiger partial charge in [-0.15, -0.1) is 0 Å². The van der Waals surface area contributed by atoms with Gasteiger partial charge in [0.05, 0.1) is 34.9 Å². The Morgan fingerprint density at radius 1 is 1.16 bits per heavy atom. The minimum Gasteiger partial charge on any atom is -0.378 e. The number of nitrogens with one attached hydrogen (secondary N) is 1. The molecule has 1 amide bonds. The second kappa shape index (κ2) is 9.45. The van der Waals surface area contributed by atoms with Crippen LogP contribution in [0.3, 0.4) is 0 Å². The van der Waals surface area contributed by atoms with Crippen molar-refractivity contribution in [3.63, 3.8) is 0 Å². The van der Waals surface area contributed by atoms with Gasteiger partial charge in [0.25, 0.3) is 11.6 Å². The Kier molecular flexibility index (Phi) is 6.29. The number of carbonyl (C=O) groups excluding carboxylic acids is 1. The maximum absolute atomic E-state index is 12.3. The molecule has 0 radical (unpaired) electrons. The predicted octanol–water partition coefficient (Wildman–Crippen LogP) is 3.32. The van der Waals surface area contributed by atoms with E-state index < -0.39 is 10.8 Å². The normalized spacial score (nSPS) is 14.0. The molecule has 1 N–H and O–H groups in total. The topological polar surface area (TPSA) is 110 Å². The van der Waals surface area contributed by atoms with Gasteiger partial charge in [-0.2, -0.15) is 5.10 Å². The first-order valence-electron chi connectivity index (χ1n) is 9.58. The highest BCUT2D eigenvalue weighted by Gasteiger charge is 2.19. The quantitative estimate of drug-likeness (QED) is 0.360. The van der Waals surface area contributed by atoms with Crippen molar-refractivity contribution in [2.75, 3.05) is 31.2 Å². The lowest BCUT2D eigenvalue weighted by atomic mass is 10.1. The minimum absolute atomic E-state index is 0.0761. The van der Waals surface area contributed by atoms with E-state index >= 15 is 0 Å². The van der Waals surface area contributed by atoms with Crippen LogP contribution in [0.15, 0.2) is 59.7 Å². The highest BCUT2D eigenvalue weighted by atomic mass is 32.1. The number of amides is 1. The van der Waals surface area contributed by atoms with Gasteiger partial charge in [0.1, 0.15) is 0 Å². The van der Waals surface area contributed by atoms with Crippen molar-refractivity contribution in [3.05, 3.63) is 75.2 Å². The Morgan fingerprint density at radius 2 is 1.87 bits per heavy atom. The highest BCUT2D eigenvalue weighted by molar-refractivity contribution is 7.17. The lowest BCUT2D eigenvalue weighted by molar-refractivity contribution is -0.384. The fraction of sp³-hybridized carbons (Fsp3) is 0.190. The molecule has 2 aromatic carbocycles. The molecule has 0 aliphatic carbocycles. The second-order valence-electron chi connectivity index (χ2n) is 6.68. The fourth-order valence-electron chi connectivity index (χ4n) is 3.05. The number of nitrogens with zero attached hydrogens (tertiary/aromatic N) is 4. The molecule has 9 nitrogen and oxygen atoms in total. The summed E-state index contributed by atoms with van der Waals surface area (Å²) in [5, 5.41) is 15.7. The zero-order valence-electron chi connectivity index (χ0n) is 16.4. The number of nitro benzene ring substituents is 1. The molecule has 1 aromatic heterocycles. The van der Waals surface area contributed by atoms with Crippen LogP contribution in [0.4, 0.5) is 10.8 Å². The second-order valence-corrected chi connectivity index (χ2v) is 7.69. The summed E-state index contributed by atoms with van der Waals surface area (Å²) in [5.74, 6) is -0.453. The lowest BCUT2D eigenvalue weighted by Crippen LogP contribution is -2.36. The summed E-state index contributed by atoms with van der Waals surface area (Å²) in [4.78, 5) is 30.3. The van der Waals surface area contributed by atoms with Crippen molar-refractivity contribution in [1.82, 2.24) is 10.4 Å². The number of non-ortho nitro benzene ring substituents is 1. The highest BCUT2D eigenvalue weighted by Crippen LogP contribution is 2.32. The van der Waals surface area contributed by atoms with E-state index in [4.69, 9.17) is 9.72 Å². The molecule has 0 spiro atoms. The zero-order valence-corrected chi connectivity index (χ0v) is 17.2. The first-order chi connectivity index (χ1) is 15.1. The van der Waals surface area contributed by atoms with Crippen molar-refractivity contribution in [1.29, 1.82) is 0 Å². The van der Waals surface area contributed by atoms with Crippen LogP contribution in [0.5, 0.6) is 0 Å². The van der Waals surface area contributed by atoms with E-state index in [1.807, 2.05) is 30.3 Å². The molecular formula is C21H19N5O4S. The molecule has 31 heavy (non-hydrogen) atoms. The monoisotopic (exact) mass is 437 g/mol. The van der Waals surface area contributed by atoms with Crippen LogP contribution < -0.4 is 10.3 Å². The maximum Gasteiger partial charge on any atom is 0.271 e. The van der Waals surface area contributed by atoms with E-state index in [0.29, 0.717) is 13.2 Å². The Bertz CT molecular complexity index is 1090. The van der Waals surface area contributed by atoms with E-state index in [1.54, 1.807) is 6.21 Å². The van der Waals surface area contributed by atoms with Crippen LogP contribution in [0.25, 0.3) is 11.3 Å². The molecule has 1 saturated heterocycles. The number of anilines is 1. The molecule has 3 aromatic rings. The van der Waals surface area contributed by atoms with Gasteiger partial charge in [-0.25, -0.2) is 10.4 Å². The minimum atomic E-state index is -0.513. The number of hydrazone groups is 1. The summed E-state index contributed by atoms with van der Waals surface area (Å²) in [6.45, 7) is 2.87. The average molecular weight is 437 g/mol. The van der Waals surface area contributed by atoms with Crippen LogP contribution >= 0.6 is 11.3 Å². The molecule has 4 rings (SSSR count). The maximum atomic E-state index is 12.3. The van der Waals surface area contributed by atoms with E-state index in [9.17, 15) is 14.9 Å². The van der Waals surface area contributed by atoms with E-state index in [-0.39, 0.29) is 11.3 Å². The standard InChI is InChI=1S/C21H19N5O4S/c27-20(16-6-8-17(9-7-16)26(28)29)24-22-14-18-19(15-4-2-1-3-5-15)23-21(31-18)25-10-12-30-13-11-25/h1-9,14H,10-13H2,(H,24,27). The first-order valence-corrected chi connectivity index (χ1v) is 10.4. The van der Waals surface area contributed by atoms with E-state index in [1.165, 1.54) is 35.6 Å². The number of aromatic nitrogens is 1. The number of rotatable bonds is 6.